The van der Waals surface area contributed by atoms with Gasteiger partial charge < -0.3 is 14.8 Å². The first-order chi connectivity index (χ1) is 9.96. The van der Waals surface area contributed by atoms with Crippen LogP contribution in [-0.4, -0.2) is 25.7 Å². The Bertz CT molecular complexity index is 529. The van der Waals surface area contributed by atoms with Gasteiger partial charge in [-0.25, -0.2) is 0 Å². The van der Waals surface area contributed by atoms with Crippen molar-refractivity contribution in [2.45, 2.75) is 32.4 Å². The first-order valence-corrected chi connectivity index (χ1v) is 6.27. The molecule has 0 heterocycles. The van der Waals surface area contributed by atoms with Gasteiger partial charge in [-0.1, -0.05) is 6.07 Å². The van der Waals surface area contributed by atoms with Crippen molar-refractivity contribution in [1.82, 2.24) is 5.32 Å². The Labute approximate surface area is 121 Å². The summed E-state index contributed by atoms with van der Waals surface area (Å²) in [5, 5.41) is 11.1. The van der Waals surface area contributed by atoms with Gasteiger partial charge >= 0.3 is 6.61 Å². The number of nitrogens with zero attached hydrogens (tertiary/aromatic N) is 1. The van der Waals surface area contributed by atoms with Gasteiger partial charge in [-0.05, 0) is 31.0 Å². The van der Waals surface area contributed by atoms with E-state index in [0.29, 0.717) is 12.0 Å². The van der Waals surface area contributed by atoms with Crippen LogP contribution in [0.1, 0.15) is 18.9 Å². The van der Waals surface area contributed by atoms with Gasteiger partial charge in [0.05, 0.1) is 13.2 Å². The van der Waals surface area contributed by atoms with Gasteiger partial charge in [0.25, 0.3) is 0 Å². The van der Waals surface area contributed by atoms with Gasteiger partial charge in [-0.3, -0.25) is 4.79 Å². The minimum Gasteiger partial charge on any atom is -0.493 e. The number of carbonyl (C=O) groups is 1. The number of carbonyl (C=O) groups excluding carboxylic acids is 1. The Balaban J connectivity index is 2.67. The van der Waals surface area contributed by atoms with Crippen LogP contribution in [0, 0.1) is 11.3 Å². The zero-order valence-electron chi connectivity index (χ0n) is 11.7. The number of benzene rings is 1. The van der Waals surface area contributed by atoms with E-state index in [9.17, 15) is 13.6 Å². The third-order valence-electron chi connectivity index (χ3n) is 2.66. The van der Waals surface area contributed by atoms with Gasteiger partial charge in [0.1, 0.15) is 6.04 Å². The molecule has 0 aliphatic carbocycles. The maximum atomic E-state index is 12.3. The van der Waals surface area contributed by atoms with Crippen LogP contribution in [0.5, 0.6) is 11.5 Å². The second-order valence-electron chi connectivity index (χ2n) is 4.28. The van der Waals surface area contributed by atoms with E-state index in [0.717, 1.165) is 0 Å². The molecule has 1 aromatic carbocycles. The molecule has 0 aliphatic heterocycles. The molecule has 1 atom stereocenters. The molecule has 1 rings (SSSR count). The van der Waals surface area contributed by atoms with Crippen LogP contribution in [-0.2, 0) is 11.2 Å². The molecule has 1 unspecified atom stereocenters. The van der Waals surface area contributed by atoms with E-state index in [1.54, 1.807) is 13.0 Å². The molecule has 0 aromatic heterocycles. The number of nitrogens with one attached hydrogen (secondary N) is 1. The fourth-order valence-corrected chi connectivity index (χ4v) is 1.67. The van der Waals surface area contributed by atoms with E-state index in [4.69, 9.17) is 10.00 Å². The van der Waals surface area contributed by atoms with Crippen molar-refractivity contribution in [3.63, 3.8) is 0 Å². The summed E-state index contributed by atoms with van der Waals surface area (Å²) >= 11 is 0. The molecule has 7 heteroatoms. The molecule has 0 fully saturated rings. The number of halogens is 2. The summed E-state index contributed by atoms with van der Waals surface area (Å²) in [6, 6.07) is 5.90. The topological polar surface area (TPSA) is 71.3 Å². The van der Waals surface area contributed by atoms with Crippen LogP contribution in [0.15, 0.2) is 18.2 Å². The van der Waals surface area contributed by atoms with E-state index in [-0.39, 0.29) is 23.8 Å². The van der Waals surface area contributed by atoms with Gasteiger partial charge in [0, 0.05) is 6.42 Å². The average Bonchev–Trinajstić information content (AvgIpc) is 2.44. The lowest BCUT2D eigenvalue weighted by Gasteiger charge is -2.11. The third kappa shape index (κ3) is 5.65. The lowest BCUT2D eigenvalue weighted by atomic mass is 10.1. The van der Waals surface area contributed by atoms with Gasteiger partial charge in [0.15, 0.2) is 11.5 Å². The predicted molar refractivity (Wildman–Crippen MR) is 71.2 cm³/mol. The summed E-state index contributed by atoms with van der Waals surface area (Å²) in [5.41, 5.74) is 0.659. The van der Waals surface area contributed by atoms with E-state index in [1.165, 1.54) is 19.2 Å². The van der Waals surface area contributed by atoms with E-state index < -0.39 is 12.7 Å². The largest absolute Gasteiger partial charge is 0.493 e. The monoisotopic (exact) mass is 298 g/mol. The Morgan fingerprint density at radius 1 is 1.43 bits per heavy atom. The molecular formula is C14H16F2N2O3. The van der Waals surface area contributed by atoms with Crippen molar-refractivity contribution in [3.05, 3.63) is 23.8 Å². The number of hydrogen-bond donors (Lipinski definition) is 1. The first-order valence-electron chi connectivity index (χ1n) is 6.27. The normalized spacial score (nSPS) is 11.6. The van der Waals surface area contributed by atoms with Crippen molar-refractivity contribution in [3.8, 4) is 17.6 Å². The summed E-state index contributed by atoms with van der Waals surface area (Å²) in [7, 11) is 1.35. The molecule has 1 amide bonds. The number of alkyl halides is 2. The van der Waals surface area contributed by atoms with Crippen molar-refractivity contribution in [2.24, 2.45) is 0 Å². The molecule has 1 N–H and O–H groups in total. The van der Waals surface area contributed by atoms with E-state index in [2.05, 4.69) is 10.1 Å². The molecule has 21 heavy (non-hydrogen) atoms. The summed E-state index contributed by atoms with van der Waals surface area (Å²) in [6.07, 6.45) is 0.486. The maximum Gasteiger partial charge on any atom is 0.387 e. The number of methoxy groups -OCH3 is 1. The Hall–Kier alpha value is -2.36. The number of ether oxygens (including phenoxy) is 2. The molecule has 0 saturated carbocycles. The Morgan fingerprint density at radius 2 is 2.14 bits per heavy atom. The lowest BCUT2D eigenvalue weighted by Crippen LogP contribution is -2.31. The number of amides is 1. The Morgan fingerprint density at radius 3 is 2.71 bits per heavy atom. The highest BCUT2D eigenvalue weighted by Gasteiger charge is 2.12. The van der Waals surface area contributed by atoms with Gasteiger partial charge in [0.2, 0.25) is 5.91 Å². The molecule has 0 saturated heterocycles. The summed E-state index contributed by atoms with van der Waals surface area (Å²) in [5.74, 6) is -0.159. The van der Waals surface area contributed by atoms with Crippen molar-refractivity contribution >= 4 is 5.91 Å². The molecule has 0 radical (unpaired) electrons. The number of hydrogen-bond acceptors (Lipinski definition) is 4. The summed E-state index contributed by atoms with van der Waals surface area (Å²) < 4.78 is 33.9. The highest BCUT2D eigenvalue weighted by Crippen LogP contribution is 2.29. The summed E-state index contributed by atoms with van der Waals surface area (Å²) in [4.78, 5) is 11.5. The van der Waals surface area contributed by atoms with Crippen LogP contribution in [0.3, 0.4) is 0 Å². The second-order valence-corrected chi connectivity index (χ2v) is 4.28. The van der Waals surface area contributed by atoms with E-state index >= 15 is 0 Å². The number of aryl methyl sites for hydroxylation is 1. The molecule has 5 nitrogen and oxygen atoms in total. The smallest absolute Gasteiger partial charge is 0.387 e. The van der Waals surface area contributed by atoms with Crippen LogP contribution in [0.4, 0.5) is 8.78 Å². The second kappa shape index (κ2) is 8.04. The minimum absolute atomic E-state index is 0.0733. The molecule has 114 valence electrons. The Kier molecular flexibility index (Phi) is 6.40. The van der Waals surface area contributed by atoms with Crippen molar-refractivity contribution in [1.29, 1.82) is 5.26 Å². The van der Waals surface area contributed by atoms with Gasteiger partial charge in [-0.2, -0.15) is 14.0 Å². The summed E-state index contributed by atoms with van der Waals surface area (Å²) in [6.45, 7) is -1.38. The minimum atomic E-state index is -2.95. The molecule has 0 aliphatic rings. The molecule has 0 bridgehead atoms. The molecular weight excluding hydrogens is 282 g/mol. The quantitative estimate of drug-likeness (QED) is 0.838. The zero-order chi connectivity index (χ0) is 15.8. The predicted octanol–water partition coefficient (Wildman–Crippen LogP) is 2.26. The average molecular weight is 298 g/mol. The third-order valence-corrected chi connectivity index (χ3v) is 2.66. The highest BCUT2D eigenvalue weighted by molar-refractivity contribution is 5.76. The van der Waals surface area contributed by atoms with Crippen LogP contribution in [0.2, 0.25) is 0 Å². The standard InChI is InChI=1S/C14H16F2N2O3/c1-9(8-17)18-13(19)6-4-10-3-5-11(20-2)12(7-10)21-14(15)16/h3,5,7,9,14H,4,6H2,1-2H3,(H,18,19). The maximum absolute atomic E-state index is 12.3. The van der Waals surface area contributed by atoms with Crippen molar-refractivity contribution in [2.75, 3.05) is 7.11 Å². The lowest BCUT2D eigenvalue weighted by molar-refractivity contribution is -0.121. The van der Waals surface area contributed by atoms with E-state index in [1.807, 2.05) is 6.07 Å². The van der Waals surface area contributed by atoms with Crippen LogP contribution in [0.25, 0.3) is 0 Å². The van der Waals surface area contributed by atoms with Gasteiger partial charge in [-0.15, -0.1) is 0 Å². The zero-order valence-corrected chi connectivity index (χ0v) is 11.7. The fraction of sp³-hybridized carbons (Fsp3) is 0.429. The number of nitriles is 1. The van der Waals surface area contributed by atoms with Crippen LogP contribution < -0.4 is 14.8 Å². The number of rotatable bonds is 7. The first kappa shape index (κ1) is 16.7. The molecule has 1 aromatic rings. The van der Waals surface area contributed by atoms with Crippen LogP contribution >= 0.6 is 0 Å². The fourth-order valence-electron chi connectivity index (χ4n) is 1.67. The van der Waals surface area contributed by atoms with Crippen molar-refractivity contribution < 1.29 is 23.0 Å². The SMILES string of the molecule is COc1ccc(CCC(=O)NC(C)C#N)cc1OC(F)F. The molecule has 0 spiro atoms. The highest BCUT2D eigenvalue weighted by atomic mass is 19.3.